The van der Waals surface area contributed by atoms with Crippen molar-refractivity contribution in [2.75, 3.05) is 24.6 Å². The van der Waals surface area contributed by atoms with Gasteiger partial charge in [0.1, 0.15) is 17.0 Å². The van der Waals surface area contributed by atoms with Gasteiger partial charge in [0.25, 0.3) is 0 Å². The molecule has 0 atom stereocenters. The van der Waals surface area contributed by atoms with E-state index in [9.17, 15) is 9.59 Å². The Morgan fingerprint density at radius 2 is 2.08 bits per heavy atom. The molecule has 8 heteroatoms. The molecule has 134 valence electrons. The van der Waals surface area contributed by atoms with Crippen LogP contribution < -0.4 is 10.2 Å². The Kier molecular flexibility index (Phi) is 5.47. The fourth-order valence-corrected chi connectivity index (χ4v) is 4.37. The maximum atomic E-state index is 12.1. The summed E-state index contributed by atoms with van der Waals surface area (Å²) in [5, 5.41) is 3.30. The van der Waals surface area contributed by atoms with E-state index < -0.39 is 12.0 Å². The van der Waals surface area contributed by atoms with E-state index in [4.69, 9.17) is 4.74 Å². The van der Waals surface area contributed by atoms with Crippen LogP contribution in [-0.2, 0) is 22.4 Å². The molecule has 0 spiro atoms. The highest BCUT2D eigenvalue weighted by molar-refractivity contribution is 7.19. The quantitative estimate of drug-likeness (QED) is 0.880. The molecule has 0 radical (unpaired) electrons. The fourth-order valence-electron chi connectivity index (χ4n) is 3.14. The van der Waals surface area contributed by atoms with Gasteiger partial charge in [-0.2, -0.15) is 0 Å². The van der Waals surface area contributed by atoms with Crippen LogP contribution in [0.3, 0.4) is 0 Å². The first-order valence-electron chi connectivity index (χ1n) is 8.60. The van der Waals surface area contributed by atoms with Crippen LogP contribution in [0.1, 0.15) is 37.1 Å². The molecular weight excluding hydrogens is 340 g/mol. The molecule has 7 nitrogen and oxygen atoms in total. The van der Waals surface area contributed by atoms with Crippen LogP contribution in [0, 0.1) is 0 Å². The molecule has 2 aromatic heterocycles. The van der Waals surface area contributed by atoms with Gasteiger partial charge in [0.15, 0.2) is 0 Å². The van der Waals surface area contributed by atoms with Crippen molar-refractivity contribution in [3.05, 3.63) is 16.8 Å². The summed E-state index contributed by atoms with van der Waals surface area (Å²) in [4.78, 5) is 36.7. The van der Waals surface area contributed by atoms with E-state index >= 15 is 0 Å². The number of alkyl carbamates (subject to hydrolysis) is 1. The number of carbonyl (C=O) groups is 2. The van der Waals surface area contributed by atoms with Gasteiger partial charge in [0, 0.05) is 11.4 Å². The standard InChI is InChI=1S/C17H22N4O3S/c1-3-21(9-13(22)20-17(23)24-4-2)15-14-11-7-5-6-8-12(11)25-16(14)19-10-18-15/h10H,3-9H2,1-2H3,(H,20,22,23). The van der Waals surface area contributed by atoms with E-state index in [-0.39, 0.29) is 13.2 Å². The Labute approximate surface area is 150 Å². The van der Waals surface area contributed by atoms with E-state index in [1.165, 1.54) is 23.3 Å². The SMILES string of the molecule is CCOC(=O)NC(=O)CN(CC)c1ncnc2sc3c(c12)CCCC3. The van der Waals surface area contributed by atoms with E-state index in [1.54, 1.807) is 24.6 Å². The first-order valence-corrected chi connectivity index (χ1v) is 9.42. The summed E-state index contributed by atoms with van der Waals surface area (Å²) >= 11 is 1.73. The monoisotopic (exact) mass is 362 g/mol. The molecule has 0 saturated carbocycles. The average molecular weight is 362 g/mol. The number of rotatable bonds is 5. The molecule has 0 unspecified atom stereocenters. The van der Waals surface area contributed by atoms with Crippen molar-refractivity contribution in [3.8, 4) is 0 Å². The van der Waals surface area contributed by atoms with Gasteiger partial charge in [-0.1, -0.05) is 0 Å². The highest BCUT2D eigenvalue weighted by Gasteiger charge is 2.23. The fraction of sp³-hybridized carbons (Fsp3) is 0.529. The van der Waals surface area contributed by atoms with E-state index in [2.05, 4.69) is 15.3 Å². The third-order valence-corrected chi connectivity index (χ3v) is 5.46. The van der Waals surface area contributed by atoms with Crippen LogP contribution in [0.2, 0.25) is 0 Å². The van der Waals surface area contributed by atoms with Crippen LogP contribution in [0.4, 0.5) is 10.6 Å². The number of imide groups is 1. The predicted molar refractivity (Wildman–Crippen MR) is 97.1 cm³/mol. The maximum Gasteiger partial charge on any atom is 0.413 e. The molecule has 0 bridgehead atoms. The van der Waals surface area contributed by atoms with Crippen LogP contribution in [0.25, 0.3) is 10.2 Å². The van der Waals surface area contributed by atoms with Crippen molar-refractivity contribution >= 4 is 39.4 Å². The number of aromatic nitrogens is 2. The van der Waals surface area contributed by atoms with Gasteiger partial charge in [0.05, 0.1) is 18.5 Å². The number of nitrogens with one attached hydrogen (secondary N) is 1. The lowest BCUT2D eigenvalue weighted by molar-refractivity contribution is -0.119. The molecule has 0 aliphatic heterocycles. The Bertz CT molecular complexity index is 790. The summed E-state index contributed by atoms with van der Waals surface area (Å²) in [6.45, 7) is 4.54. The third-order valence-electron chi connectivity index (χ3n) is 4.26. The molecule has 3 rings (SSSR count). The van der Waals surface area contributed by atoms with Gasteiger partial charge in [-0.15, -0.1) is 11.3 Å². The number of hydrogen-bond donors (Lipinski definition) is 1. The minimum atomic E-state index is -0.718. The van der Waals surface area contributed by atoms with Gasteiger partial charge in [-0.3, -0.25) is 10.1 Å². The number of ether oxygens (including phenoxy) is 1. The van der Waals surface area contributed by atoms with E-state index in [1.807, 2.05) is 11.8 Å². The molecule has 2 heterocycles. The van der Waals surface area contributed by atoms with E-state index in [0.717, 1.165) is 28.9 Å². The second-order valence-electron chi connectivity index (χ2n) is 5.87. The number of nitrogens with zero attached hydrogens (tertiary/aromatic N) is 3. The Balaban J connectivity index is 1.87. The zero-order valence-electron chi connectivity index (χ0n) is 14.5. The molecule has 1 aliphatic carbocycles. The molecule has 1 aliphatic rings. The van der Waals surface area contributed by atoms with Gasteiger partial charge in [-0.05, 0) is 45.1 Å². The molecule has 0 fully saturated rings. The van der Waals surface area contributed by atoms with Crippen LogP contribution in [0.5, 0.6) is 0 Å². The Morgan fingerprint density at radius 1 is 1.28 bits per heavy atom. The number of aryl methyl sites for hydroxylation is 2. The van der Waals surface area contributed by atoms with E-state index in [0.29, 0.717) is 6.54 Å². The normalized spacial score (nSPS) is 13.4. The molecular formula is C17H22N4O3S. The summed E-state index contributed by atoms with van der Waals surface area (Å²) in [5.41, 5.74) is 1.33. The topological polar surface area (TPSA) is 84.4 Å². The minimum Gasteiger partial charge on any atom is -0.450 e. The summed E-state index contributed by atoms with van der Waals surface area (Å²) in [6.07, 6.45) is 5.33. The van der Waals surface area contributed by atoms with Crippen LogP contribution >= 0.6 is 11.3 Å². The number of anilines is 1. The number of likely N-dealkylation sites (N-methyl/N-ethyl adjacent to an activating group) is 1. The summed E-state index contributed by atoms with van der Waals surface area (Å²) < 4.78 is 4.75. The molecule has 25 heavy (non-hydrogen) atoms. The summed E-state index contributed by atoms with van der Waals surface area (Å²) in [5.74, 6) is 0.363. The molecule has 2 aromatic rings. The van der Waals surface area contributed by atoms with Crippen LogP contribution in [-0.4, -0.2) is 41.7 Å². The number of thiophene rings is 1. The molecule has 2 amide bonds. The van der Waals surface area contributed by atoms with Crippen molar-refractivity contribution in [1.82, 2.24) is 15.3 Å². The molecule has 1 N–H and O–H groups in total. The lowest BCUT2D eigenvalue weighted by atomic mass is 9.97. The number of carbonyl (C=O) groups excluding carboxylic acids is 2. The van der Waals surface area contributed by atoms with Gasteiger partial charge >= 0.3 is 6.09 Å². The smallest absolute Gasteiger partial charge is 0.413 e. The first-order chi connectivity index (χ1) is 12.1. The summed E-state index contributed by atoms with van der Waals surface area (Å²) in [6, 6.07) is 0. The average Bonchev–Trinajstić information content (AvgIpc) is 2.98. The lowest BCUT2D eigenvalue weighted by Crippen LogP contribution is -2.40. The van der Waals surface area contributed by atoms with Gasteiger partial charge in [0.2, 0.25) is 5.91 Å². The minimum absolute atomic E-state index is 0.0477. The maximum absolute atomic E-state index is 12.1. The Hall–Kier alpha value is -2.22. The largest absolute Gasteiger partial charge is 0.450 e. The van der Waals surface area contributed by atoms with Crippen molar-refractivity contribution in [2.45, 2.75) is 39.5 Å². The van der Waals surface area contributed by atoms with Crippen molar-refractivity contribution in [2.24, 2.45) is 0 Å². The highest BCUT2D eigenvalue weighted by atomic mass is 32.1. The summed E-state index contributed by atoms with van der Waals surface area (Å²) in [7, 11) is 0. The van der Waals surface area contributed by atoms with Gasteiger partial charge in [-0.25, -0.2) is 14.8 Å². The third kappa shape index (κ3) is 3.73. The number of fused-ring (bicyclic) bond motifs is 3. The number of hydrogen-bond acceptors (Lipinski definition) is 7. The second kappa shape index (κ2) is 7.77. The lowest BCUT2D eigenvalue weighted by Gasteiger charge is -2.22. The highest BCUT2D eigenvalue weighted by Crippen LogP contribution is 2.39. The molecule has 0 saturated heterocycles. The predicted octanol–water partition coefficient (Wildman–Crippen LogP) is 2.67. The van der Waals surface area contributed by atoms with Gasteiger partial charge < -0.3 is 9.64 Å². The zero-order chi connectivity index (χ0) is 17.8. The Morgan fingerprint density at radius 3 is 2.84 bits per heavy atom. The van der Waals surface area contributed by atoms with Crippen molar-refractivity contribution in [3.63, 3.8) is 0 Å². The first kappa shape index (κ1) is 17.6. The second-order valence-corrected chi connectivity index (χ2v) is 6.95. The number of amides is 2. The van der Waals surface area contributed by atoms with Crippen molar-refractivity contribution < 1.29 is 14.3 Å². The molecule has 0 aromatic carbocycles. The van der Waals surface area contributed by atoms with Crippen LogP contribution in [0.15, 0.2) is 6.33 Å². The zero-order valence-corrected chi connectivity index (χ0v) is 15.3. The van der Waals surface area contributed by atoms with Crippen molar-refractivity contribution in [1.29, 1.82) is 0 Å².